The Morgan fingerprint density at radius 3 is 1.70 bits per heavy atom. The Bertz CT molecular complexity index is 1660. The fraction of sp³-hybridized carbons (Fsp3) is 0.111. The molecule has 6 rings (SSSR count). The number of hydrogen-bond acceptors (Lipinski definition) is 4. The van der Waals surface area contributed by atoms with Crippen molar-refractivity contribution in [1.82, 2.24) is 10.1 Å². The number of benzene rings is 5. The van der Waals surface area contributed by atoms with Crippen molar-refractivity contribution in [3.05, 3.63) is 144 Å². The summed E-state index contributed by atoms with van der Waals surface area (Å²) in [6.45, 7) is 3.93. The van der Waals surface area contributed by atoms with E-state index in [4.69, 9.17) is 20.9 Å². The number of hydrogen-bond donors (Lipinski definition) is 0. The minimum atomic E-state index is -1.99. The average molecular weight is 626 g/mol. The quantitative estimate of drug-likeness (QED) is 0.204. The Kier molecular flexibility index (Phi) is 9.62. The number of halogens is 2. The van der Waals surface area contributed by atoms with Crippen LogP contribution in [0, 0.1) is 0 Å². The van der Waals surface area contributed by atoms with Crippen LogP contribution in [0.15, 0.2) is 138 Å². The molecule has 0 aliphatic rings. The third-order valence-electron chi connectivity index (χ3n) is 7.19. The van der Waals surface area contributed by atoms with Gasteiger partial charge in [0, 0.05) is 11.1 Å². The minimum Gasteiger partial charge on any atom is -1.00 e. The Labute approximate surface area is 264 Å². The van der Waals surface area contributed by atoms with Gasteiger partial charge >= 0.3 is 0 Å². The molecule has 216 valence electrons. The summed E-state index contributed by atoms with van der Waals surface area (Å²) >= 11 is 6.44. The van der Waals surface area contributed by atoms with Crippen LogP contribution in [-0.2, 0) is 6.16 Å². The number of rotatable bonds is 9. The van der Waals surface area contributed by atoms with Crippen LogP contribution in [0.5, 0.6) is 5.75 Å². The second-order valence-electron chi connectivity index (χ2n) is 10.4. The lowest BCUT2D eigenvalue weighted by Crippen LogP contribution is -3.00. The third-order valence-corrected chi connectivity index (χ3v) is 11.9. The molecule has 0 atom stereocenters. The molecule has 7 heteroatoms. The molecule has 0 radical (unpaired) electrons. The molecular formula is C36H31Cl2N2O2P. The highest BCUT2D eigenvalue weighted by Gasteiger charge is 2.45. The van der Waals surface area contributed by atoms with E-state index in [0.717, 1.165) is 17.3 Å². The van der Waals surface area contributed by atoms with Crippen LogP contribution in [-0.4, -0.2) is 16.2 Å². The SMILES string of the molecule is CC(C)Oc1ccc(-c2noc(-c3ccc(C[P+](c4ccccc4)(c4ccccc4)c4ccccc4)cc3)n2)cc1Cl.[Cl-]. The highest BCUT2D eigenvalue weighted by Crippen LogP contribution is 2.58. The predicted octanol–water partition coefficient (Wildman–Crippen LogP) is 5.34. The first kappa shape index (κ1) is 30.5. The molecule has 0 aliphatic heterocycles. The fourth-order valence-electron chi connectivity index (χ4n) is 5.24. The van der Waals surface area contributed by atoms with Crippen molar-refractivity contribution in [2.45, 2.75) is 26.1 Å². The van der Waals surface area contributed by atoms with E-state index in [1.165, 1.54) is 21.5 Å². The lowest BCUT2D eigenvalue weighted by Gasteiger charge is -2.27. The van der Waals surface area contributed by atoms with Gasteiger partial charge in [0.1, 0.15) is 28.9 Å². The zero-order valence-electron chi connectivity index (χ0n) is 23.9. The average Bonchev–Trinajstić information content (AvgIpc) is 3.53. The Morgan fingerprint density at radius 2 is 1.21 bits per heavy atom. The van der Waals surface area contributed by atoms with Gasteiger partial charge in [-0.3, -0.25) is 0 Å². The van der Waals surface area contributed by atoms with E-state index < -0.39 is 7.26 Å². The standard InChI is InChI=1S/C36H31ClN2O2P.ClH/c1-26(2)40-34-23-22-29(24-33(34)37)35-38-36(41-39-35)28-20-18-27(19-21-28)25-42(30-12-6-3-7-13-30,31-14-8-4-9-15-31)32-16-10-5-11-17-32;/h3-24,26H,25H2,1-2H3;1H/q+1;/p-1. The molecule has 0 amide bonds. The van der Waals surface area contributed by atoms with Crippen LogP contribution < -0.4 is 33.1 Å². The molecule has 0 aliphatic carbocycles. The van der Waals surface area contributed by atoms with Crippen molar-refractivity contribution in [2.75, 3.05) is 0 Å². The first-order valence-corrected chi connectivity index (χ1v) is 16.3. The lowest BCUT2D eigenvalue weighted by molar-refractivity contribution is -0.00000986. The van der Waals surface area contributed by atoms with Crippen molar-refractivity contribution in [1.29, 1.82) is 0 Å². The summed E-state index contributed by atoms with van der Waals surface area (Å²) in [7, 11) is -1.99. The summed E-state index contributed by atoms with van der Waals surface area (Å²) in [5.74, 6) is 1.58. The van der Waals surface area contributed by atoms with Gasteiger partial charge in [0.25, 0.3) is 5.89 Å². The molecule has 0 unspecified atom stereocenters. The van der Waals surface area contributed by atoms with Gasteiger partial charge in [-0.2, -0.15) is 4.98 Å². The van der Waals surface area contributed by atoms with Crippen LogP contribution in [0.25, 0.3) is 22.8 Å². The molecule has 0 fully saturated rings. The minimum absolute atomic E-state index is 0. The van der Waals surface area contributed by atoms with Gasteiger partial charge in [0.15, 0.2) is 0 Å². The zero-order valence-corrected chi connectivity index (χ0v) is 26.3. The maximum atomic E-state index is 6.44. The highest BCUT2D eigenvalue weighted by atomic mass is 35.5. The monoisotopic (exact) mass is 624 g/mol. The normalized spacial score (nSPS) is 11.3. The van der Waals surface area contributed by atoms with Gasteiger partial charge in [-0.1, -0.05) is 83.5 Å². The molecule has 4 nitrogen and oxygen atoms in total. The van der Waals surface area contributed by atoms with Crippen LogP contribution in [0.3, 0.4) is 0 Å². The Balaban J connectivity index is 0.00000368. The van der Waals surface area contributed by atoms with Crippen LogP contribution in [0.2, 0.25) is 5.02 Å². The first-order valence-electron chi connectivity index (χ1n) is 14.0. The van der Waals surface area contributed by atoms with E-state index in [1.54, 1.807) is 6.07 Å². The molecule has 5 aromatic carbocycles. The molecule has 6 aromatic rings. The van der Waals surface area contributed by atoms with E-state index in [0.29, 0.717) is 22.5 Å². The molecule has 0 bridgehead atoms. The molecular weight excluding hydrogens is 594 g/mol. The summed E-state index contributed by atoms with van der Waals surface area (Å²) in [5, 5.41) is 8.80. The second kappa shape index (κ2) is 13.6. The van der Waals surface area contributed by atoms with Gasteiger partial charge in [0.05, 0.1) is 17.3 Å². The third kappa shape index (κ3) is 6.53. The number of nitrogens with zero attached hydrogens (tertiary/aromatic N) is 2. The van der Waals surface area contributed by atoms with E-state index in [-0.39, 0.29) is 18.5 Å². The molecule has 0 N–H and O–H groups in total. The molecule has 0 spiro atoms. The Hall–Kier alpha value is -3.95. The molecule has 1 heterocycles. The summed E-state index contributed by atoms with van der Waals surface area (Å²) in [5.41, 5.74) is 2.88. The largest absolute Gasteiger partial charge is 1.00 e. The van der Waals surface area contributed by atoms with Crippen LogP contribution in [0.4, 0.5) is 0 Å². The maximum absolute atomic E-state index is 6.44. The molecule has 0 saturated heterocycles. The van der Waals surface area contributed by atoms with Crippen molar-refractivity contribution >= 4 is 34.8 Å². The maximum Gasteiger partial charge on any atom is 0.258 e. The summed E-state index contributed by atoms with van der Waals surface area (Å²) < 4.78 is 11.4. The highest BCUT2D eigenvalue weighted by molar-refractivity contribution is 7.95. The zero-order chi connectivity index (χ0) is 28.9. The van der Waals surface area contributed by atoms with E-state index in [1.807, 2.05) is 26.0 Å². The van der Waals surface area contributed by atoms with Crippen molar-refractivity contribution in [2.24, 2.45) is 0 Å². The predicted molar refractivity (Wildman–Crippen MR) is 175 cm³/mol. The van der Waals surface area contributed by atoms with E-state index >= 15 is 0 Å². The van der Waals surface area contributed by atoms with Crippen molar-refractivity contribution in [3.8, 4) is 28.6 Å². The number of ether oxygens (including phenoxy) is 1. The van der Waals surface area contributed by atoms with Gasteiger partial charge < -0.3 is 21.7 Å². The Morgan fingerprint density at radius 1 is 0.698 bits per heavy atom. The van der Waals surface area contributed by atoms with E-state index in [2.05, 4.69) is 125 Å². The summed E-state index contributed by atoms with van der Waals surface area (Å²) in [6, 6.07) is 46.8. The first-order chi connectivity index (χ1) is 20.5. The smallest absolute Gasteiger partial charge is 0.258 e. The van der Waals surface area contributed by atoms with Gasteiger partial charge in [-0.25, -0.2) is 0 Å². The summed E-state index contributed by atoms with van der Waals surface area (Å²) in [6.07, 6.45) is 0.928. The van der Waals surface area contributed by atoms with Crippen LogP contribution in [0.1, 0.15) is 19.4 Å². The van der Waals surface area contributed by atoms with Gasteiger partial charge in [0.2, 0.25) is 5.82 Å². The number of aromatic nitrogens is 2. The van der Waals surface area contributed by atoms with Crippen molar-refractivity contribution < 1.29 is 21.7 Å². The van der Waals surface area contributed by atoms with Gasteiger partial charge in [-0.15, -0.1) is 0 Å². The topological polar surface area (TPSA) is 48.2 Å². The summed E-state index contributed by atoms with van der Waals surface area (Å²) in [4.78, 5) is 4.66. The van der Waals surface area contributed by atoms with Crippen molar-refractivity contribution in [3.63, 3.8) is 0 Å². The molecule has 0 saturated carbocycles. The fourth-order valence-corrected chi connectivity index (χ4v) is 9.71. The van der Waals surface area contributed by atoms with Gasteiger partial charge in [-0.05, 0) is 86.1 Å². The molecule has 43 heavy (non-hydrogen) atoms. The van der Waals surface area contributed by atoms with Crippen LogP contribution >= 0.6 is 18.9 Å². The lowest BCUT2D eigenvalue weighted by atomic mass is 10.1. The second-order valence-corrected chi connectivity index (χ2v) is 14.3. The van der Waals surface area contributed by atoms with E-state index in [9.17, 15) is 0 Å². The molecule has 1 aromatic heterocycles.